The first-order chi connectivity index (χ1) is 22.8. The van der Waals surface area contributed by atoms with Gasteiger partial charge in [-0.15, -0.1) is 0 Å². The van der Waals surface area contributed by atoms with Crippen molar-refractivity contribution < 1.29 is 23.9 Å². The number of carbonyl (C=O) groups is 4. The molecule has 0 saturated heterocycles. The quantitative estimate of drug-likeness (QED) is 0.0807. The fraction of sp³-hybridized carbons (Fsp3) is 0.529. The maximum atomic E-state index is 13.4. The molecule has 3 rings (SSSR count). The summed E-state index contributed by atoms with van der Waals surface area (Å²) in [5.74, 6) is -1.88. The molecule has 4 amide bonds. The van der Waals surface area contributed by atoms with Crippen LogP contribution in [0.1, 0.15) is 68.6 Å². The molecular formula is C34H52N8O5. The van der Waals surface area contributed by atoms with Gasteiger partial charge in [0.1, 0.15) is 12.1 Å². The molecule has 2 aromatic rings. The zero-order valence-electron chi connectivity index (χ0n) is 27.2. The number of nitrogens with two attached hydrogens (primary N) is 3. The smallest absolute Gasteiger partial charge is 0.408 e. The van der Waals surface area contributed by atoms with Crippen LogP contribution < -0.4 is 43.8 Å². The molecule has 258 valence electrons. The number of primary amides is 1. The van der Waals surface area contributed by atoms with Crippen LogP contribution in [0.2, 0.25) is 0 Å². The highest BCUT2D eigenvalue weighted by Gasteiger charge is 2.33. The summed E-state index contributed by atoms with van der Waals surface area (Å²) in [5.41, 5.74) is 20.2. The second-order valence-electron chi connectivity index (χ2n) is 11.7. The van der Waals surface area contributed by atoms with E-state index in [4.69, 9.17) is 21.9 Å². The van der Waals surface area contributed by atoms with Gasteiger partial charge in [0.25, 0.3) is 0 Å². The van der Waals surface area contributed by atoms with E-state index in [1.54, 1.807) is 0 Å². The Labute approximate surface area is 277 Å². The van der Waals surface area contributed by atoms with E-state index >= 15 is 0 Å². The van der Waals surface area contributed by atoms with Crippen LogP contribution in [0.15, 0.2) is 48.5 Å². The summed E-state index contributed by atoms with van der Waals surface area (Å²) in [6, 6.07) is 13.2. The van der Waals surface area contributed by atoms with Crippen molar-refractivity contribution in [2.24, 2.45) is 17.2 Å². The van der Waals surface area contributed by atoms with Gasteiger partial charge in [-0.3, -0.25) is 14.4 Å². The minimum absolute atomic E-state index is 0.260. The Bertz CT molecular complexity index is 1250. The van der Waals surface area contributed by atoms with Crippen molar-refractivity contribution in [2.75, 3.05) is 45.8 Å². The number of nitrogens with one attached hydrogen (secondary N) is 5. The number of ether oxygens (including phenoxy) is 1. The van der Waals surface area contributed by atoms with E-state index in [0.29, 0.717) is 45.4 Å². The van der Waals surface area contributed by atoms with Crippen LogP contribution in [0.4, 0.5) is 4.79 Å². The van der Waals surface area contributed by atoms with Gasteiger partial charge in [0.2, 0.25) is 17.7 Å². The summed E-state index contributed by atoms with van der Waals surface area (Å²) in [5, 5.41) is 14.8. The van der Waals surface area contributed by atoms with Gasteiger partial charge in [-0.1, -0.05) is 48.5 Å². The lowest BCUT2D eigenvalue weighted by molar-refractivity contribution is -0.132. The molecule has 13 nitrogen and oxygen atoms in total. The fourth-order valence-electron chi connectivity index (χ4n) is 5.49. The second-order valence-corrected chi connectivity index (χ2v) is 11.7. The van der Waals surface area contributed by atoms with E-state index in [-0.39, 0.29) is 12.8 Å². The zero-order chi connectivity index (χ0) is 33.9. The Hall–Kier alpha value is -4.04. The first kappa shape index (κ1) is 37.4. The molecule has 13 heteroatoms. The normalized spacial score (nSPS) is 13.2. The summed E-state index contributed by atoms with van der Waals surface area (Å²) < 4.78 is 5.87. The Kier molecular flexibility index (Phi) is 16.7. The highest BCUT2D eigenvalue weighted by Crippen LogP contribution is 2.45. The molecule has 0 aromatic heterocycles. The molecule has 2 aromatic carbocycles. The van der Waals surface area contributed by atoms with Gasteiger partial charge in [0.15, 0.2) is 6.10 Å². The zero-order valence-corrected chi connectivity index (χ0v) is 27.2. The van der Waals surface area contributed by atoms with Gasteiger partial charge in [0.05, 0.1) is 6.42 Å². The van der Waals surface area contributed by atoms with E-state index in [1.165, 1.54) is 0 Å². The highest BCUT2D eigenvalue weighted by molar-refractivity contribution is 5.94. The Balaban J connectivity index is 1.51. The van der Waals surface area contributed by atoms with Crippen LogP contribution in [0, 0.1) is 0 Å². The number of rotatable bonds is 23. The van der Waals surface area contributed by atoms with E-state index in [1.807, 2.05) is 48.5 Å². The van der Waals surface area contributed by atoms with Crippen LogP contribution >= 0.6 is 0 Å². The number of amides is 4. The standard InChI is InChI=1S/C34H52N8O5/c35-16-6-5-15-28(42-34(46)47-31-26-13-3-1-11-24(26)25-12-2-4-14-27(25)31)33(45)41-29(23-30(37)43)32(44)40-22-10-21-39-19-8-7-18-38-20-9-17-36/h1-4,11-14,28-29,31,38-39H,5-10,15-23,35-36H2,(H2,37,43)(H,40,44)(H,41,45)(H,42,46). The average Bonchev–Trinajstić information content (AvgIpc) is 3.37. The van der Waals surface area contributed by atoms with Crippen LogP contribution in [0.3, 0.4) is 0 Å². The monoisotopic (exact) mass is 652 g/mol. The third-order valence-electron chi connectivity index (χ3n) is 7.94. The third kappa shape index (κ3) is 12.6. The van der Waals surface area contributed by atoms with E-state index < -0.39 is 42.0 Å². The molecule has 2 unspecified atom stereocenters. The average molecular weight is 653 g/mol. The molecular weight excluding hydrogens is 600 g/mol. The number of fused-ring (bicyclic) bond motifs is 3. The Morgan fingerprint density at radius 2 is 1.23 bits per heavy atom. The molecule has 0 aliphatic heterocycles. The largest absolute Gasteiger partial charge is 0.436 e. The molecule has 0 heterocycles. The van der Waals surface area contributed by atoms with Crippen LogP contribution in [0.5, 0.6) is 0 Å². The first-order valence-corrected chi connectivity index (χ1v) is 16.7. The number of carbonyl (C=O) groups excluding carboxylic acids is 4. The summed E-state index contributed by atoms with van der Waals surface area (Å²) in [4.78, 5) is 51.4. The minimum Gasteiger partial charge on any atom is -0.436 e. The SMILES string of the molecule is NCCCCC(NC(=O)OC1c2ccccc2-c2ccccc21)C(=O)NC(CC(N)=O)C(=O)NCCCNCCCCNCCCN. The molecule has 0 bridgehead atoms. The number of hydrogen-bond acceptors (Lipinski definition) is 9. The van der Waals surface area contributed by atoms with Crippen molar-refractivity contribution in [1.82, 2.24) is 26.6 Å². The van der Waals surface area contributed by atoms with Gasteiger partial charge in [-0.25, -0.2) is 4.79 Å². The van der Waals surface area contributed by atoms with Crippen molar-refractivity contribution in [3.8, 4) is 11.1 Å². The topological polar surface area (TPSA) is 216 Å². The van der Waals surface area contributed by atoms with Crippen molar-refractivity contribution >= 4 is 23.8 Å². The van der Waals surface area contributed by atoms with E-state index in [0.717, 1.165) is 61.2 Å². The third-order valence-corrected chi connectivity index (χ3v) is 7.94. The molecule has 0 saturated carbocycles. The summed E-state index contributed by atoms with van der Waals surface area (Å²) in [6.45, 7) is 4.93. The second kappa shape index (κ2) is 21.0. The molecule has 47 heavy (non-hydrogen) atoms. The Morgan fingerprint density at radius 3 is 1.83 bits per heavy atom. The van der Waals surface area contributed by atoms with Crippen LogP contribution in [-0.4, -0.2) is 81.7 Å². The van der Waals surface area contributed by atoms with Gasteiger partial charge in [-0.05, 0) is 95.3 Å². The molecule has 2 atom stereocenters. The van der Waals surface area contributed by atoms with Crippen molar-refractivity contribution in [1.29, 1.82) is 0 Å². The van der Waals surface area contributed by atoms with Gasteiger partial charge >= 0.3 is 6.09 Å². The summed E-state index contributed by atoms with van der Waals surface area (Å²) in [6.07, 6.45) is 3.38. The first-order valence-electron chi connectivity index (χ1n) is 16.7. The molecule has 1 aliphatic carbocycles. The minimum atomic E-state index is -1.19. The summed E-state index contributed by atoms with van der Waals surface area (Å²) >= 11 is 0. The van der Waals surface area contributed by atoms with Gasteiger partial charge < -0.3 is 48.5 Å². The molecule has 1 aliphatic rings. The van der Waals surface area contributed by atoms with Crippen molar-refractivity contribution in [2.45, 2.75) is 69.6 Å². The van der Waals surface area contributed by atoms with Crippen molar-refractivity contribution in [3.05, 3.63) is 59.7 Å². The molecule has 11 N–H and O–H groups in total. The van der Waals surface area contributed by atoms with Crippen LogP contribution in [0.25, 0.3) is 11.1 Å². The maximum absolute atomic E-state index is 13.4. The maximum Gasteiger partial charge on any atom is 0.408 e. The fourth-order valence-corrected chi connectivity index (χ4v) is 5.49. The lowest BCUT2D eigenvalue weighted by atomic mass is 10.1. The predicted molar refractivity (Wildman–Crippen MR) is 182 cm³/mol. The van der Waals surface area contributed by atoms with Crippen LogP contribution in [-0.2, 0) is 19.1 Å². The van der Waals surface area contributed by atoms with Gasteiger partial charge in [-0.2, -0.15) is 0 Å². The molecule has 0 fully saturated rings. The highest BCUT2D eigenvalue weighted by atomic mass is 16.6. The molecule has 0 spiro atoms. The van der Waals surface area contributed by atoms with E-state index in [2.05, 4.69) is 26.6 Å². The van der Waals surface area contributed by atoms with Gasteiger partial charge in [0, 0.05) is 17.7 Å². The van der Waals surface area contributed by atoms with Crippen molar-refractivity contribution in [3.63, 3.8) is 0 Å². The molecule has 0 radical (unpaired) electrons. The lowest BCUT2D eigenvalue weighted by Crippen LogP contribution is -2.55. The Morgan fingerprint density at radius 1 is 0.660 bits per heavy atom. The summed E-state index contributed by atoms with van der Waals surface area (Å²) in [7, 11) is 0. The lowest BCUT2D eigenvalue weighted by Gasteiger charge is -2.23. The number of benzene rings is 2. The number of alkyl carbamates (subject to hydrolysis) is 1. The number of hydrogen-bond donors (Lipinski definition) is 8. The van der Waals surface area contributed by atoms with E-state index in [9.17, 15) is 19.2 Å². The number of unbranched alkanes of at least 4 members (excludes halogenated alkanes) is 2. The predicted octanol–water partition coefficient (Wildman–Crippen LogP) is 1.15.